The minimum atomic E-state index is -0.0707. The van der Waals surface area contributed by atoms with Gasteiger partial charge in [0.05, 0.1) is 18.4 Å². The Morgan fingerprint density at radius 1 is 1.53 bits per heavy atom. The SMILES string of the molecule is C=CCNC(=O)c1cc(C)n(Cc2ccco2)c1C. The van der Waals surface area contributed by atoms with Crippen molar-refractivity contribution in [2.45, 2.75) is 20.4 Å². The average molecular weight is 258 g/mol. The second kappa shape index (κ2) is 5.61. The maximum Gasteiger partial charge on any atom is 0.253 e. The van der Waals surface area contributed by atoms with E-state index >= 15 is 0 Å². The van der Waals surface area contributed by atoms with Crippen molar-refractivity contribution >= 4 is 5.91 Å². The molecule has 0 radical (unpaired) electrons. The summed E-state index contributed by atoms with van der Waals surface area (Å²) >= 11 is 0. The van der Waals surface area contributed by atoms with Gasteiger partial charge in [0.1, 0.15) is 5.76 Å². The van der Waals surface area contributed by atoms with Gasteiger partial charge in [0.15, 0.2) is 0 Å². The highest BCUT2D eigenvalue weighted by Crippen LogP contribution is 2.17. The second-order valence-electron chi connectivity index (χ2n) is 4.45. The summed E-state index contributed by atoms with van der Waals surface area (Å²) in [5.74, 6) is 0.804. The number of aryl methyl sites for hydroxylation is 1. The van der Waals surface area contributed by atoms with E-state index in [0.717, 1.165) is 17.1 Å². The van der Waals surface area contributed by atoms with Crippen LogP contribution in [0.1, 0.15) is 27.5 Å². The van der Waals surface area contributed by atoms with Crippen LogP contribution in [0.5, 0.6) is 0 Å². The normalized spacial score (nSPS) is 10.4. The van der Waals surface area contributed by atoms with E-state index in [2.05, 4.69) is 16.5 Å². The van der Waals surface area contributed by atoms with Crippen molar-refractivity contribution in [3.63, 3.8) is 0 Å². The molecule has 2 rings (SSSR count). The molecule has 0 saturated carbocycles. The Bertz CT molecular complexity index is 580. The van der Waals surface area contributed by atoms with Crippen molar-refractivity contribution in [1.82, 2.24) is 9.88 Å². The number of furan rings is 1. The number of rotatable bonds is 5. The Hall–Kier alpha value is -2.23. The Kier molecular flexibility index (Phi) is 3.90. The zero-order valence-electron chi connectivity index (χ0n) is 11.3. The Labute approximate surface area is 112 Å². The molecule has 0 atom stereocenters. The predicted molar refractivity (Wildman–Crippen MR) is 74.2 cm³/mol. The molecule has 1 N–H and O–H groups in total. The summed E-state index contributed by atoms with van der Waals surface area (Å²) in [5.41, 5.74) is 2.68. The molecule has 2 aromatic heterocycles. The Morgan fingerprint density at radius 3 is 2.95 bits per heavy atom. The molecular formula is C15H18N2O2. The second-order valence-corrected chi connectivity index (χ2v) is 4.45. The molecule has 0 aliphatic heterocycles. The first-order chi connectivity index (χ1) is 9.13. The van der Waals surface area contributed by atoms with Crippen molar-refractivity contribution in [2.24, 2.45) is 0 Å². The van der Waals surface area contributed by atoms with Gasteiger partial charge >= 0.3 is 0 Å². The summed E-state index contributed by atoms with van der Waals surface area (Å²) in [5, 5.41) is 2.80. The van der Waals surface area contributed by atoms with E-state index < -0.39 is 0 Å². The number of hydrogen-bond acceptors (Lipinski definition) is 2. The summed E-state index contributed by atoms with van der Waals surface area (Å²) in [7, 11) is 0. The zero-order valence-corrected chi connectivity index (χ0v) is 11.3. The Morgan fingerprint density at radius 2 is 2.32 bits per heavy atom. The molecule has 100 valence electrons. The molecule has 1 amide bonds. The lowest BCUT2D eigenvalue weighted by molar-refractivity contribution is 0.0957. The maximum absolute atomic E-state index is 12.0. The van der Waals surface area contributed by atoms with Crippen LogP contribution in [-0.4, -0.2) is 17.0 Å². The lowest BCUT2D eigenvalue weighted by atomic mass is 10.2. The number of amides is 1. The van der Waals surface area contributed by atoms with E-state index in [-0.39, 0.29) is 5.91 Å². The van der Waals surface area contributed by atoms with Crippen LogP contribution in [0.3, 0.4) is 0 Å². The van der Waals surface area contributed by atoms with E-state index in [1.807, 2.05) is 32.0 Å². The van der Waals surface area contributed by atoms with Gasteiger partial charge < -0.3 is 14.3 Å². The van der Waals surface area contributed by atoms with Gasteiger partial charge in [0.2, 0.25) is 0 Å². The zero-order chi connectivity index (χ0) is 13.8. The third-order valence-electron chi connectivity index (χ3n) is 3.12. The summed E-state index contributed by atoms with van der Waals surface area (Å²) < 4.78 is 7.42. The number of aromatic nitrogens is 1. The molecular weight excluding hydrogens is 240 g/mol. The number of hydrogen-bond donors (Lipinski definition) is 1. The predicted octanol–water partition coefficient (Wildman–Crippen LogP) is 2.66. The van der Waals surface area contributed by atoms with Crippen LogP contribution in [0.2, 0.25) is 0 Å². The van der Waals surface area contributed by atoms with Gasteiger partial charge in [0.25, 0.3) is 5.91 Å². The summed E-state index contributed by atoms with van der Waals surface area (Å²) in [6, 6.07) is 5.69. The molecule has 4 nitrogen and oxygen atoms in total. The summed E-state index contributed by atoms with van der Waals surface area (Å²) in [4.78, 5) is 12.0. The largest absolute Gasteiger partial charge is 0.467 e. The molecule has 0 bridgehead atoms. The molecule has 0 aliphatic rings. The molecule has 0 aromatic carbocycles. The van der Waals surface area contributed by atoms with E-state index in [4.69, 9.17) is 4.42 Å². The molecule has 0 fully saturated rings. The Balaban J connectivity index is 2.24. The van der Waals surface area contributed by atoms with E-state index in [9.17, 15) is 4.79 Å². The first-order valence-electron chi connectivity index (χ1n) is 6.21. The molecule has 0 unspecified atom stereocenters. The topological polar surface area (TPSA) is 47.2 Å². The van der Waals surface area contributed by atoms with Gasteiger partial charge in [-0.2, -0.15) is 0 Å². The van der Waals surface area contributed by atoms with Crippen LogP contribution < -0.4 is 5.32 Å². The smallest absolute Gasteiger partial charge is 0.253 e. The third kappa shape index (κ3) is 2.78. The first kappa shape index (κ1) is 13.2. The molecule has 0 spiro atoms. The van der Waals surface area contributed by atoms with E-state index in [0.29, 0.717) is 18.7 Å². The fourth-order valence-electron chi connectivity index (χ4n) is 2.09. The molecule has 4 heteroatoms. The van der Waals surface area contributed by atoms with E-state index in [1.54, 1.807) is 12.3 Å². The quantitative estimate of drug-likeness (QED) is 0.838. The fraction of sp³-hybridized carbons (Fsp3) is 0.267. The van der Waals surface area contributed by atoms with Crippen LogP contribution in [0, 0.1) is 13.8 Å². The highest BCUT2D eigenvalue weighted by Gasteiger charge is 2.15. The average Bonchev–Trinajstić information content (AvgIpc) is 2.99. The van der Waals surface area contributed by atoms with Gasteiger partial charge in [-0.15, -0.1) is 6.58 Å². The van der Waals surface area contributed by atoms with Gasteiger partial charge in [-0.05, 0) is 32.0 Å². The molecule has 0 saturated heterocycles. The highest BCUT2D eigenvalue weighted by molar-refractivity contribution is 5.95. The van der Waals surface area contributed by atoms with Crippen molar-refractivity contribution in [3.8, 4) is 0 Å². The summed E-state index contributed by atoms with van der Waals surface area (Å²) in [6.07, 6.45) is 3.32. The van der Waals surface area contributed by atoms with Crippen molar-refractivity contribution in [2.75, 3.05) is 6.54 Å². The number of carbonyl (C=O) groups excluding carboxylic acids is 1. The first-order valence-corrected chi connectivity index (χ1v) is 6.21. The highest BCUT2D eigenvalue weighted by atomic mass is 16.3. The van der Waals surface area contributed by atoms with Crippen LogP contribution >= 0.6 is 0 Å². The molecule has 2 heterocycles. The number of nitrogens with zero attached hydrogens (tertiary/aromatic N) is 1. The number of nitrogens with one attached hydrogen (secondary N) is 1. The van der Waals surface area contributed by atoms with Crippen LogP contribution in [0.25, 0.3) is 0 Å². The van der Waals surface area contributed by atoms with Gasteiger partial charge in [-0.25, -0.2) is 0 Å². The lowest BCUT2D eigenvalue weighted by Crippen LogP contribution is -2.23. The molecule has 19 heavy (non-hydrogen) atoms. The maximum atomic E-state index is 12.0. The van der Waals surface area contributed by atoms with Crippen molar-refractivity contribution in [3.05, 3.63) is 59.8 Å². The van der Waals surface area contributed by atoms with Crippen LogP contribution in [-0.2, 0) is 6.54 Å². The van der Waals surface area contributed by atoms with Crippen molar-refractivity contribution < 1.29 is 9.21 Å². The van der Waals surface area contributed by atoms with E-state index in [1.165, 1.54) is 0 Å². The van der Waals surface area contributed by atoms with Gasteiger partial charge in [-0.1, -0.05) is 6.08 Å². The summed E-state index contributed by atoms with van der Waals surface area (Å²) in [6.45, 7) is 8.63. The van der Waals surface area contributed by atoms with Gasteiger partial charge in [0, 0.05) is 17.9 Å². The van der Waals surface area contributed by atoms with Crippen LogP contribution in [0.15, 0.2) is 41.5 Å². The van der Waals surface area contributed by atoms with Crippen molar-refractivity contribution in [1.29, 1.82) is 0 Å². The molecule has 2 aromatic rings. The lowest BCUT2D eigenvalue weighted by Gasteiger charge is -2.08. The molecule has 0 aliphatic carbocycles. The fourth-order valence-corrected chi connectivity index (χ4v) is 2.09. The monoisotopic (exact) mass is 258 g/mol. The minimum Gasteiger partial charge on any atom is -0.467 e. The standard InChI is InChI=1S/C15H18N2O2/c1-4-7-16-15(18)14-9-11(2)17(12(14)3)10-13-6-5-8-19-13/h4-6,8-9H,1,7,10H2,2-3H3,(H,16,18). The van der Waals surface area contributed by atoms with Gasteiger partial charge in [-0.3, -0.25) is 4.79 Å². The minimum absolute atomic E-state index is 0.0707. The van der Waals surface area contributed by atoms with Crippen LogP contribution in [0.4, 0.5) is 0 Å². The third-order valence-corrected chi connectivity index (χ3v) is 3.12. The number of carbonyl (C=O) groups is 1.